The second kappa shape index (κ2) is 10.9. The first-order valence-electron chi connectivity index (χ1n) is 10.5. The van der Waals surface area contributed by atoms with Crippen molar-refractivity contribution in [2.24, 2.45) is 0 Å². The fourth-order valence-electron chi connectivity index (χ4n) is 3.75. The van der Waals surface area contributed by atoms with Crippen LogP contribution < -0.4 is 0 Å². The number of esters is 1. The molecule has 1 amide bonds. The van der Waals surface area contributed by atoms with Crippen LogP contribution in [0.2, 0.25) is 0 Å². The maximum atomic E-state index is 13.3. The lowest BCUT2D eigenvalue weighted by molar-refractivity contribution is 0.0512. The maximum Gasteiger partial charge on any atom is 0.355 e. The lowest BCUT2D eigenvalue weighted by Gasteiger charge is -2.22. The number of Topliss-reactive ketones (excluding diaryl/α,β-unsaturated/α-hetero) is 1. The number of ketones is 1. The molecule has 0 aliphatic carbocycles. The molecule has 0 bridgehead atoms. The van der Waals surface area contributed by atoms with Gasteiger partial charge in [0.25, 0.3) is 5.91 Å². The molecule has 2 aromatic rings. The maximum absolute atomic E-state index is 13.3. The van der Waals surface area contributed by atoms with E-state index in [9.17, 15) is 14.4 Å². The predicted molar refractivity (Wildman–Crippen MR) is 119 cm³/mol. The molecule has 168 valence electrons. The van der Waals surface area contributed by atoms with Gasteiger partial charge in [0.2, 0.25) is 0 Å². The fourth-order valence-corrected chi connectivity index (χ4v) is 3.75. The molecule has 7 nitrogen and oxygen atoms in total. The third-order valence-corrected chi connectivity index (χ3v) is 5.32. The van der Waals surface area contributed by atoms with Crippen LogP contribution in [-0.4, -0.2) is 60.5 Å². The van der Waals surface area contributed by atoms with E-state index in [0.29, 0.717) is 41.2 Å². The lowest BCUT2D eigenvalue weighted by Crippen LogP contribution is -2.38. The highest BCUT2D eigenvalue weighted by molar-refractivity contribution is 6.06. The normalized spacial score (nSPS) is 10.8. The Hall–Kier alpha value is -2.93. The summed E-state index contributed by atoms with van der Waals surface area (Å²) in [6.07, 6.45) is 0. The van der Waals surface area contributed by atoms with Crippen LogP contribution in [0.3, 0.4) is 0 Å². The minimum Gasteiger partial charge on any atom is -0.461 e. The van der Waals surface area contributed by atoms with E-state index in [2.05, 4.69) is 0 Å². The van der Waals surface area contributed by atoms with E-state index < -0.39 is 5.97 Å². The van der Waals surface area contributed by atoms with Crippen LogP contribution in [0.4, 0.5) is 0 Å². The predicted octanol–water partition coefficient (Wildman–Crippen LogP) is 3.58. The second-order valence-electron chi connectivity index (χ2n) is 7.41. The van der Waals surface area contributed by atoms with Gasteiger partial charge >= 0.3 is 5.97 Å². The fraction of sp³-hybridized carbons (Fsp3) is 0.458. The molecule has 1 aromatic carbocycles. The standard InChI is InChI=1S/C24H32N2O5/c1-7-26-18(5)21(17(4)22(26)24(29)31-8-2)20(27)15-25(13-14-30-6)23(28)19-11-9-16(3)10-12-19/h9-12H,7-8,13-15H2,1-6H3. The van der Waals surface area contributed by atoms with E-state index in [-0.39, 0.29) is 31.4 Å². The molecule has 0 saturated carbocycles. The number of benzene rings is 1. The van der Waals surface area contributed by atoms with Crippen LogP contribution in [0.5, 0.6) is 0 Å². The molecular formula is C24H32N2O5. The van der Waals surface area contributed by atoms with E-state index >= 15 is 0 Å². The number of methoxy groups -OCH3 is 1. The monoisotopic (exact) mass is 428 g/mol. The Bertz CT molecular complexity index is 944. The molecule has 0 aliphatic heterocycles. The third-order valence-electron chi connectivity index (χ3n) is 5.32. The Labute approximate surface area is 183 Å². The van der Waals surface area contributed by atoms with Crippen LogP contribution in [0, 0.1) is 20.8 Å². The van der Waals surface area contributed by atoms with E-state index in [1.54, 1.807) is 37.7 Å². The summed E-state index contributed by atoms with van der Waals surface area (Å²) >= 11 is 0. The van der Waals surface area contributed by atoms with Crippen molar-refractivity contribution >= 4 is 17.7 Å². The van der Waals surface area contributed by atoms with E-state index in [0.717, 1.165) is 5.56 Å². The Morgan fingerprint density at radius 2 is 1.68 bits per heavy atom. The Balaban J connectivity index is 2.38. The van der Waals surface area contributed by atoms with Crippen molar-refractivity contribution < 1.29 is 23.9 Å². The van der Waals surface area contributed by atoms with Gasteiger partial charge in [-0.1, -0.05) is 17.7 Å². The number of carbonyl (C=O) groups excluding carboxylic acids is 3. The van der Waals surface area contributed by atoms with Crippen LogP contribution in [-0.2, 0) is 16.0 Å². The van der Waals surface area contributed by atoms with Crippen LogP contribution in [0.15, 0.2) is 24.3 Å². The highest BCUT2D eigenvalue weighted by atomic mass is 16.5. The molecule has 0 saturated heterocycles. The summed E-state index contributed by atoms with van der Waals surface area (Å²) in [5.74, 6) is -0.901. The average molecular weight is 429 g/mol. The molecule has 1 heterocycles. The zero-order valence-electron chi connectivity index (χ0n) is 19.3. The van der Waals surface area contributed by atoms with Crippen LogP contribution in [0.1, 0.15) is 61.9 Å². The third kappa shape index (κ3) is 5.41. The minimum atomic E-state index is -0.448. The number of aryl methyl sites for hydroxylation is 1. The number of carbonyl (C=O) groups is 3. The van der Waals surface area contributed by atoms with Gasteiger partial charge in [-0.25, -0.2) is 4.79 Å². The summed E-state index contributed by atoms with van der Waals surface area (Å²) in [4.78, 5) is 40.3. The second-order valence-corrected chi connectivity index (χ2v) is 7.41. The van der Waals surface area contributed by atoms with Crippen molar-refractivity contribution in [2.45, 2.75) is 41.2 Å². The summed E-state index contributed by atoms with van der Waals surface area (Å²) in [7, 11) is 1.55. The van der Waals surface area contributed by atoms with Crippen molar-refractivity contribution in [1.29, 1.82) is 0 Å². The minimum absolute atomic E-state index is 0.103. The Morgan fingerprint density at radius 3 is 2.23 bits per heavy atom. The Morgan fingerprint density at radius 1 is 1.03 bits per heavy atom. The molecule has 0 atom stereocenters. The molecule has 1 aromatic heterocycles. The SMILES string of the molecule is CCOC(=O)c1c(C)c(C(=O)CN(CCOC)C(=O)c2ccc(C)cc2)c(C)n1CC. The van der Waals surface area contributed by atoms with Crippen molar-refractivity contribution in [3.63, 3.8) is 0 Å². The molecular weight excluding hydrogens is 396 g/mol. The largest absolute Gasteiger partial charge is 0.461 e. The number of nitrogens with zero attached hydrogens (tertiary/aromatic N) is 2. The summed E-state index contributed by atoms with van der Waals surface area (Å²) in [6, 6.07) is 7.24. The van der Waals surface area contributed by atoms with E-state index in [1.807, 2.05) is 32.9 Å². The number of hydrogen-bond acceptors (Lipinski definition) is 5. The van der Waals surface area contributed by atoms with Gasteiger partial charge in [0.15, 0.2) is 5.78 Å². The first-order valence-corrected chi connectivity index (χ1v) is 10.5. The van der Waals surface area contributed by atoms with E-state index in [1.165, 1.54) is 4.90 Å². The van der Waals surface area contributed by atoms with Gasteiger partial charge in [-0.3, -0.25) is 9.59 Å². The molecule has 0 radical (unpaired) electrons. The molecule has 7 heteroatoms. The first-order chi connectivity index (χ1) is 14.8. The van der Waals surface area contributed by atoms with Gasteiger partial charge in [0.1, 0.15) is 5.69 Å². The average Bonchev–Trinajstić information content (AvgIpc) is 3.00. The summed E-state index contributed by atoms with van der Waals surface area (Å²) in [6.45, 7) is 10.5. The highest BCUT2D eigenvalue weighted by Crippen LogP contribution is 2.24. The summed E-state index contributed by atoms with van der Waals surface area (Å²) in [5.41, 5.74) is 3.69. The molecule has 0 spiro atoms. The topological polar surface area (TPSA) is 77.8 Å². The molecule has 0 fully saturated rings. The first kappa shape index (κ1) is 24.3. The lowest BCUT2D eigenvalue weighted by atomic mass is 10.0. The zero-order valence-corrected chi connectivity index (χ0v) is 19.3. The summed E-state index contributed by atoms with van der Waals surface area (Å²) in [5, 5.41) is 0. The van der Waals surface area contributed by atoms with Gasteiger partial charge in [-0.05, 0) is 52.3 Å². The quantitative estimate of drug-likeness (QED) is 0.427. The van der Waals surface area contributed by atoms with Gasteiger partial charge in [-0.2, -0.15) is 0 Å². The number of ether oxygens (including phenoxy) is 2. The molecule has 0 N–H and O–H groups in total. The van der Waals surface area contributed by atoms with Crippen molar-refractivity contribution in [3.8, 4) is 0 Å². The highest BCUT2D eigenvalue weighted by Gasteiger charge is 2.28. The van der Waals surface area contributed by atoms with Gasteiger partial charge < -0.3 is 18.9 Å². The molecule has 31 heavy (non-hydrogen) atoms. The van der Waals surface area contributed by atoms with Crippen molar-refractivity contribution in [1.82, 2.24) is 9.47 Å². The number of aromatic nitrogens is 1. The smallest absolute Gasteiger partial charge is 0.355 e. The van der Waals surface area contributed by atoms with Gasteiger partial charge in [0, 0.05) is 37.0 Å². The van der Waals surface area contributed by atoms with Gasteiger partial charge in [-0.15, -0.1) is 0 Å². The number of hydrogen-bond donors (Lipinski definition) is 0. The van der Waals surface area contributed by atoms with Crippen LogP contribution in [0.25, 0.3) is 0 Å². The van der Waals surface area contributed by atoms with E-state index in [4.69, 9.17) is 9.47 Å². The van der Waals surface area contributed by atoms with Crippen LogP contribution >= 0.6 is 0 Å². The van der Waals surface area contributed by atoms with Crippen molar-refractivity contribution in [3.05, 3.63) is 57.9 Å². The van der Waals surface area contributed by atoms with Gasteiger partial charge in [0.05, 0.1) is 19.8 Å². The molecule has 0 unspecified atom stereocenters. The summed E-state index contributed by atoms with van der Waals surface area (Å²) < 4.78 is 12.1. The zero-order chi connectivity index (χ0) is 23.1. The molecule has 0 aliphatic rings. The Kier molecular flexibility index (Phi) is 8.56. The number of rotatable bonds is 10. The number of amides is 1. The van der Waals surface area contributed by atoms with Crippen molar-refractivity contribution in [2.75, 3.05) is 33.4 Å². The molecule has 2 rings (SSSR count).